The van der Waals surface area contributed by atoms with Gasteiger partial charge >= 0.3 is 5.97 Å². The number of furan rings is 1. The number of benzene rings is 1. The van der Waals surface area contributed by atoms with Crippen LogP contribution in [0.2, 0.25) is 0 Å². The first-order chi connectivity index (χ1) is 11.5. The first kappa shape index (κ1) is 17.6. The molecular weight excluding hydrogens is 310 g/mol. The van der Waals surface area contributed by atoms with Crippen LogP contribution < -0.4 is 10.1 Å². The fraction of sp³-hybridized carbons (Fsp3) is 0.333. The number of rotatable bonds is 8. The van der Waals surface area contributed by atoms with Crippen LogP contribution in [0, 0.1) is 6.92 Å². The van der Waals surface area contributed by atoms with Crippen molar-refractivity contribution in [2.75, 3.05) is 6.61 Å². The Morgan fingerprint density at radius 3 is 2.58 bits per heavy atom. The van der Waals surface area contributed by atoms with E-state index >= 15 is 0 Å². The van der Waals surface area contributed by atoms with Crippen LogP contribution in [0.3, 0.4) is 0 Å². The number of carbonyl (C=O) groups is 2. The molecule has 1 amide bonds. The van der Waals surface area contributed by atoms with Gasteiger partial charge in [0.25, 0.3) is 5.91 Å². The Bertz CT molecular complexity index is 703. The molecule has 2 aromatic rings. The normalized spacial score (nSPS) is 10.4. The summed E-state index contributed by atoms with van der Waals surface area (Å²) in [7, 11) is 0. The van der Waals surface area contributed by atoms with Crippen molar-refractivity contribution < 1.29 is 23.8 Å². The van der Waals surface area contributed by atoms with E-state index in [0.717, 1.165) is 17.7 Å². The van der Waals surface area contributed by atoms with Crippen LogP contribution in [0.15, 0.2) is 34.9 Å². The van der Waals surface area contributed by atoms with Gasteiger partial charge < -0.3 is 19.6 Å². The molecule has 0 aliphatic rings. The Hall–Kier alpha value is -2.76. The minimum absolute atomic E-state index is 0.167. The molecule has 6 nitrogen and oxygen atoms in total. The number of amides is 1. The third-order valence-corrected chi connectivity index (χ3v) is 3.44. The Balaban J connectivity index is 1.98. The highest BCUT2D eigenvalue weighted by atomic mass is 16.5. The lowest BCUT2D eigenvalue weighted by molar-refractivity contribution is -0.136. The molecule has 24 heavy (non-hydrogen) atoms. The molecule has 0 aliphatic carbocycles. The van der Waals surface area contributed by atoms with Crippen molar-refractivity contribution in [2.24, 2.45) is 0 Å². The maximum absolute atomic E-state index is 12.3. The van der Waals surface area contributed by atoms with Gasteiger partial charge in [-0.1, -0.05) is 19.1 Å². The number of nitrogens with one attached hydrogen (secondary N) is 1. The molecule has 0 saturated carbocycles. The quantitative estimate of drug-likeness (QED) is 0.776. The van der Waals surface area contributed by atoms with E-state index in [9.17, 15) is 9.59 Å². The van der Waals surface area contributed by atoms with Gasteiger partial charge in [-0.3, -0.25) is 9.59 Å². The molecule has 0 fully saturated rings. The predicted octanol–water partition coefficient (Wildman–Crippen LogP) is 2.93. The molecule has 6 heteroatoms. The molecule has 0 unspecified atom stereocenters. The summed E-state index contributed by atoms with van der Waals surface area (Å²) in [6, 6.07) is 7.48. The fourth-order valence-electron chi connectivity index (χ4n) is 2.26. The van der Waals surface area contributed by atoms with Gasteiger partial charge in [-0.05, 0) is 31.0 Å². The number of ether oxygens (including phenoxy) is 1. The van der Waals surface area contributed by atoms with Crippen molar-refractivity contribution in [2.45, 2.75) is 33.2 Å². The monoisotopic (exact) mass is 331 g/mol. The second-order valence-corrected chi connectivity index (χ2v) is 5.46. The van der Waals surface area contributed by atoms with Crippen molar-refractivity contribution >= 4 is 11.9 Å². The summed E-state index contributed by atoms with van der Waals surface area (Å²) in [4.78, 5) is 23.2. The maximum Gasteiger partial charge on any atom is 0.311 e. The van der Waals surface area contributed by atoms with Gasteiger partial charge in [-0.15, -0.1) is 0 Å². The number of aliphatic carboxylic acids is 1. The Kier molecular flexibility index (Phi) is 6.01. The molecule has 1 aromatic carbocycles. The molecule has 0 saturated heterocycles. The Morgan fingerprint density at radius 2 is 1.96 bits per heavy atom. The first-order valence-corrected chi connectivity index (χ1v) is 7.80. The van der Waals surface area contributed by atoms with Crippen LogP contribution in [0.1, 0.15) is 40.6 Å². The summed E-state index contributed by atoms with van der Waals surface area (Å²) < 4.78 is 10.7. The zero-order chi connectivity index (χ0) is 17.5. The molecule has 2 rings (SSSR count). The molecule has 0 aliphatic heterocycles. The van der Waals surface area contributed by atoms with Gasteiger partial charge in [0.2, 0.25) is 0 Å². The summed E-state index contributed by atoms with van der Waals surface area (Å²) in [5.74, 6) is -0.424. The zero-order valence-corrected chi connectivity index (χ0v) is 13.8. The lowest BCUT2D eigenvalue weighted by Gasteiger charge is -2.08. The SMILES string of the molecule is CCCOc1ccc(CNC(=O)c2c(C)coc2CC(=O)O)cc1. The topological polar surface area (TPSA) is 88.8 Å². The van der Waals surface area contributed by atoms with Crippen molar-refractivity contribution in [3.63, 3.8) is 0 Å². The van der Waals surface area contributed by atoms with Gasteiger partial charge in [0.15, 0.2) is 0 Å². The number of aryl methyl sites for hydroxylation is 1. The number of hydrogen-bond acceptors (Lipinski definition) is 4. The minimum Gasteiger partial charge on any atom is -0.494 e. The first-order valence-electron chi connectivity index (χ1n) is 7.80. The third-order valence-electron chi connectivity index (χ3n) is 3.44. The van der Waals surface area contributed by atoms with Gasteiger partial charge in [0.1, 0.15) is 17.9 Å². The van der Waals surface area contributed by atoms with Crippen LogP contribution >= 0.6 is 0 Å². The highest BCUT2D eigenvalue weighted by Crippen LogP contribution is 2.18. The minimum atomic E-state index is -1.04. The average molecular weight is 331 g/mol. The number of carbonyl (C=O) groups excluding carboxylic acids is 1. The summed E-state index contributed by atoms with van der Waals surface area (Å²) in [6.07, 6.45) is 2.02. The standard InChI is InChI=1S/C18H21NO5/c1-3-8-23-14-6-4-13(5-7-14)10-19-18(22)17-12(2)11-24-15(17)9-16(20)21/h4-7,11H,3,8-10H2,1-2H3,(H,19,22)(H,20,21). The maximum atomic E-state index is 12.3. The van der Waals surface area contributed by atoms with Crippen LogP contribution in [-0.4, -0.2) is 23.6 Å². The van der Waals surface area contributed by atoms with Crippen molar-refractivity contribution in [1.29, 1.82) is 0 Å². The van der Waals surface area contributed by atoms with Gasteiger partial charge in [0.05, 0.1) is 18.4 Å². The Morgan fingerprint density at radius 1 is 1.25 bits per heavy atom. The molecule has 1 aromatic heterocycles. The second-order valence-electron chi connectivity index (χ2n) is 5.46. The van der Waals surface area contributed by atoms with Crippen molar-refractivity contribution in [3.05, 3.63) is 53.0 Å². The van der Waals surface area contributed by atoms with Crippen LogP contribution in [0.4, 0.5) is 0 Å². The molecule has 0 atom stereocenters. The second kappa shape index (κ2) is 8.19. The summed E-state index contributed by atoms with van der Waals surface area (Å²) >= 11 is 0. The van der Waals surface area contributed by atoms with E-state index in [2.05, 4.69) is 5.32 Å². The molecule has 128 valence electrons. The van der Waals surface area contributed by atoms with Gasteiger partial charge in [0, 0.05) is 12.1 Å². The van der Waals surface area contributed by atoms with E-state index in [0.29, 0.717) is 24.3 Å². The van der Waals surface area contributed by atoms with E-state index < -0.39 is 5.97 Å². The largest absolute Gasteiger partial charge is 0.494 e. The van der Waals surface area contributed by atoms with E-state index in [4.69, 9.17) is 14.3 Å². The average Bonchev–Trinajstić information content (AvgIpc) is 2.91. The van der Waals surface area contributed by atoms with E-state index in [1.165, 1.54) is 6.26 Å². The number of hydrogen-bond donors (Lipinski definition) is 2. The fourth-order valence-corrected chi connectivity index (χ4v) is 2.26. The van der Waals surface area contributed by atoms with E-state index in [1.54, 1.807) is 6.92 Å². The van der Waals surface area contributed by atoms with Crippen LogP contribution in [0.25, 0.3) is 0 Å². The van der Waals surface area contributed by atoms with Crippen LogP contribution in [0.5, 0.6) is 5.75 Å². The summed E-state index contributed by atoms with van der Waals surface area (Å²) in [5.41, 5.74) is 1.83. The highest BCUT2D eigenvalue weighted by molar-refractivity contribution is 5.97. The lowest BCUT2D eigenvalue weighted by atomic mass is 10.1. The number of carboxylic acid groups (broad SMARTS) is 1. The molecule has 0 spiro atoms. The zero-order valence-electron chi connectivity index (χ0n) is 13.8. The summed E-state index contributed by atoms with van der Waals surface area (Å²) in [6.45, 7) is 4.76. The van der Waals surface area contributed by atoms with Crippen LogP contribution in [-0.2, 0) is 17.8 Å². The van der Waals surface area contributed by atoms with Gasteiger partial charge in [-0.2, -0.15) is 0 Å². The highest BCUT2D eigenvalue weighted by Gasteiger charge is 2.20. The molecule has 1 heterocycles. The van der Waals surface area contributed by atoms with Gasteiger partial charge in [-0.25, -0.2) is 0 Å². The molecule has 0 radical (unpaired) electrons. The molecule has 0 bridgehead atoms. The van der Waals surface area contributed by atoms with E-state index in [-0.39, 0.29) is 18.1 Å². The van der Waals surface area contributed by atoms with Crippen molar-refractivity contribution in [1.82, 2.24) is 5.32 Å². The Labute approximate surface area is 140 Å². The smallest absolute Gasteiger partial charge is 0.311 e. The predicted molar refractivity (Wildman–Crippen MR) is 88.2 cm³/mol. The molecule has 2 N–H and O–H groups in total. The number of carboxylic acids is 1. The summed E-state index contributed by atoms with van der Waals surface area (Å²) in [5, 5.41) is 11.7. The van der Waals surface area contributed by atoms with E-state index in [1.807, 2.05) is 31.2 Å². The molecular formula is C18H21NO5. The van der Waals surface area contributed by atoms with Crippen molar-refractivity contribution in [3.8, 4) is 5.75 Å². The third kappa shape index (κ3) is 4.62. The lowest BCUT2D eigenvalue weighted by Crippen LogP contribution is -2.24.